The predicted molar refractivity (Wildman–Crippen MR) is 58.8 cm³/mol. The second kappa shape index (κ2) is 6.95. The third-order valence-corrected chi connectivity index (χ3v) is 2.23. The van der Waals surface area contributed by atoms with Gasteiger partial charge in [-0.05, 0) is 13.3 Å². The van der Waals surface area contributed by atoms with Crippen LogP contribution >= 0.6 is 0 Å². The fraction of sp³-hybridized carbons (Fsp3) is 0.700. The molecule has 0 aliphatic heterocycles. The normalized spacial score (nSPS) is 12.4. The van der Waals surface area contributed by atoms with E-state index < -0.39 is 0 Å². The molecule has 1 atom stereocenters. The fourth-order valence-corrected chi connectivity index (χ4v) is 1.13. The lowest BCUT2D eigenvalue weighted by atomic mass is 10.2. The Labute approximate surface area is 94.8 Å². The second-order valence-corrected chi connectivity index (χ2v) is 3.64. The molecule has 90 valence electrons. The molecule has 1 aromatic rings. The summed E-state index contributed by atoms with van der Waals surface area (Å²) in [6.07, 6.45) is 2.94. The maximum absolute atomic E-state index is 11.3. The first-order valence-corrected chi connectivity index (χ1v) is 5.48. The number of hydrogen-bond donors (Lipinski definition) is 2. The van der Waals surface area contributed by atoms with E-state index in [2.05, 4.69) is 20.8 Å². The zero-order valence-corrected chi connectivity index (χ0v) is 9.69. The van der Waals surface area contributed by atoms with Crippen molar-refractivity contribution >= 4 is 5.91 Å². The van der Waals surface area contributed by atoms with Crippen LogP contribution in [0.25, 0.3) is 0 Å². The Balaban J connectivity index is 2.04. The Bertz CT molecular complexity index is 300. The van der Waals surface area contributed by atoms with Crippen molar-refractivity contribution in [3.05, 3.63) is 12.2 Å². The van der Waals surface area contributed by atoms with Crippen LogP contribution in [0.2, 0.25) is 0 Å². The maximum Gasteiger partial charge on any atom is 0.234 e. The van der Waals surface area contributed by atoms with Crippen molar-refractivity contribution in [1.29, 1.82) is 0 Å². The monoisotopic (exact) mass is 226 g/mol. The third-order valence-electron chi connectivity index (χ3n) is 2.23. The molecular formula is C10H18N4O2. The quantitative estimate of drug-likeness (QED) is 0.645. The molecule has 2 N–H and O–H groups in total. The summed E-state index contributed by atoms with van der Waals surface area (Å²) < 4.78 is 4.82. The lowest BCUT2D eigenvalue weighted by Gasteiger charge is -2.11. The standard InChI is InChI=1S/C10H18N4O2/c1-3-8(2)14-9(15)6-11-5-4-10-12-7-13-16-10/h7-8,11H,3-6H2,1-2H3,(H,14,15). The maximum atomic E-state index is 11.3. The van der Waals surface area contributed by atoms with Gasteiger partial charge < -0.3 is 15.2 Å². The highest BCUT2D eigenvalue weighted by Gasteiger charge is 2.04. The van der Waals surface area contributed by atoms with Gasteiger partial charge in [0, 0.05) is 19.0 Å². The first-order chi connectivity index (χ1) is 7.72. The lowest BCUT2D eigenvalue weighted by molar-refractivity contribution is -0.120. The molecule has 6 nitrogen and oxygen atoms in total. The minimum absolute atomic E-state index is 0.0138. The van der Waals surface area contributed by atoms with Crippen molar-refractivity contribution in [2.45, 2.75) is 32.7 Å². The number of carbonyl (C=O) groups is 1. The molecule has 0 fully saturated rings. The summed E-state index contributed by atoms with van der Waals surface area (Å²) in [5, 5.41) is 9.38. The number of rotatable bonds is 7. The summed E-state index contributed by atoms with van der Waals surface area (Å²) in [6.45, 7) is 4.99. The first kappa shape index (κ1) is 12.6. The lowest BCUT2D eigenvalue weighted by Crippen LogP contribution is -2.39. The summed E-state index contributed by atoms with van der Waals surface area (Å²) in [6, 6.07) is 0.227. The molecule has 0 aromatic carbocycles. The molecule has 1 aromatic heterocycles. The van der Waals surface area contributed by atoms with Gasteiger partial charge >= 0.3 is 0 Å². The zero-order valence-electron chi connectivity index (χ0n) is 9.69. The number of carbonyl (C=O) groups excluding carboxylic acids is 1. The molecule has 0 aliphatic rings. The summed E-state index contributed by atoms with van der Waals surface area (Å²) in [7, 11) is 0. The fourth-order valence-electron chi connectivity index (χ4n) is 1.13. The molecule has 1 amide bonds. The van der Waals surface area contributed by atoms with Gasteiger partial charge in [-0.2, -0.15) is 4.98 Å². The molecule has 0 spiro atoms. The van der Waals surface area contributed by atoms with Crippen molar-refractivity contribution in [2.75, 3.05) is 13.1 Å². The van der Waals surface area contributed by atoms with E-state index in [1.54, 1.807) is 0 Å². The van der Waals surface area contributed by atoms with Crippen molar-refractivity contribution in [2.24, 2.45) is 0 Å². The van der Waals surface area contributed by atoms with E-state index in [4.69, 9.17) is 4.52 Å². The van der Waals surface area contributed by atoms with Crippen molar-refractivity contribution in [3.63, 3.8) is 0 Å². The predicted octanol–water partition coefficient (Wildman–Crippen LogP) is 0.116. The van der Waals surface area contributed by atoms with E-state index in [1.807, 2.05) is 13.8 Å². The smallest absolute Gasteiger partial charge is 0.234 e. The Hall–Kier alpha value is -1.43. The average molecular weight is 226 g/mol. The number of hydrogen-bond acceptors (Lipinski definition) is 5. The third kappa shape index (κ3) is 4.88. The van der Waals surface area contributed by atoms with E-state index in [1.165, 1.54) is 6.33 Å². The average Bonchev–Trinajstić information content (AvgIpc) is 2.77. The highest BCUT2D eigenvalue weighted by molar-refractivity contribution is 5.78. The van der Waals surface area contributed by atoms with Gasteiger partial charge in [0.25, 0.3) is 0 Å². The van der Waals surface area contributed by atoms with Crippen LogP contribution in [0.4, 0.5) is 0 Å². The Morgan fingerprint density at radius 3 is 3.06 bits per heavy atom. The van der Waals surface area contributed by atoms with E-state index in [-0.39, 0.29) is 11.9 Å². The van der Waals surface area contributed by atoms with Crippen molar-refractivity contribution in [1.82, 2.24) is 20.8 Å². The van der Waals surface area contributed by atoms with Crippen molar-refractivity contribution < 1.29 is 9.32 Å². The van der Waals surface area contributed by atoms with Gasteiger partial charge in [0.05, 0.1) is 6.54 Å². The molecule has 0 saturated heterocycles. The van der Waals surface area contributed by atoms with E-state index >= 15 is 0 Å². The first-order valence-electron chi connectivity index (χ1n) is 5.48. The largest absolute Gasteiger partial charge is 0.353 e. The molecule has 0 bridgehead atoms. The SMILES string of the molecule is CCC(C)NC(=O)CNCCc1ncno1. The van der Waals surface area contributed by atoms with Gasteiger partial charge in [-0.1, -0.05) is 12.1 Å². The van der Waals surface area contributed by atoms with Gasteiger partial charge in [0.15, 0.2) is 6.33 Å². The molecule has 0 saturated carbocycles. The van der Waals surface area contributed by atoms with Crippen LogP contribution in [0, 0.1) is 0 Å². The summed E-state index contributed by atoms with van der Waals surface area (Å²) in [4.78, 5) is 15.2. The number of nitrogens with zero attached hydrogens (tertiary/aromatic N) is 2. The van der Waals surface area contributed by atoms with Gasteiger partial charge in [-0.3, -0.25) is 4.79 Å². The van der Waals surface area contributed by atoms with Crippen LogP contribution in [0.5, 0.6) is 0 Å². The Kier molecular flexibility index (Phi) is 5.49. The molecule has 1 heterocycles. The topological polar surface area (TPSA) is 80.0 Å². The Morgan fingerprint density at radius 2 is 2.44 bits per heavy atom. The summed E-state index contributed by atoms with van der Waals surface area (Å²) in [5.41, 5.74) is 0. The van der Waals surface area contributed by atoms with Crippen LogP contribution < -0.4 is 10.6 Å². The van der Waals surface area contributed by atoms with Gasteiger partial charge in [-0.15, -0.1) is 0 Å². The molecule has 16 heavy (non-hydrogen) atoms. The zero-order chi connectivity index (χ0) is 11.8. The Morgan fingerprint density at radius 1 is 1.62 bits per heavy atom. The van der Waals surface area contributed by atoms with Crippen LogP contribution in [0.15, 0.2) is 10.9 Å². The van der Waals surface area contributed by atoms with Gasteiger partial charge in [0.1, 0.15) is 0 Å². The van der Waals surface area contributed by atoms with E-state index in [9.17, 15) is 4.79 Å². The van der Waals surface area contributed by atoms with Crippen LogP contribution in [-0.2, 0) is 11.2 Å². The van der Waals surface area contributed by atoms with Gasteiger partial charge in [0.2, 0.25) is 11.8 Å². The molecular weight excluding hydrogens is 208 g/mol. The molecule has 1 rings (SSSR count). The second-order valence-electron chi connectivity index (χ2n) is 3.64. The van der Waals surface area contributed by atoms with Crippen LogP contribution in [0.1, 0.15) is 26.2 Å². The number of nitrogens with one attached hydrogen (secondary N) is 2. The van der Waals surface area contributed by atoms with Crippen molar-refractivity contribution in [3.8, 4) is 0 Å². The van der Waals surface area contributed by atoms with Crippen LogP contribution in [0.3, 0.4) is 0 Å². The number of amides is 1. The highest BCUT2D eigenvalue weighted by atomic mass is 16.5. The number of aromatic nitrogens is 2. The molecule has 1 unspecified atom stereocenters. The molecule has 0 aliphatic carbocycles. The summed E-state index contributed by atoms with van der Waals surface area (Å²) >= 11 is 0. The van der Waals surface area contributed by atoms with Crippen LogP contribution in [-0.4, -0.2) is 35.2 Å². The van der Waals surface area contributed by atoms with E-state index in [0.717, 1.165) is 6.42 Å². The van der Waals surface area contributed by atoms with E-state index in [0.29, 0.717) is 25.4 Å². The minimum atomic E-state index is 0.0138. The molecule has 6 heteroatoms. The minimum Gasteiger partial charge on any atom is -0.353 e. The van der Waals surface area contributed by atoms with Gasteiger partial charge in [-0.25, -0.2) is 0 Å². The highest BCUT2D eigenvalue weighted by Crippen LogP contribution is 1.90. The summed E-state index contributed by atoms with van der Waals surface area (Å²) in [5.74, 6) is 0.592. The molecule has 0 radical (unpaired) electrons.